The molecule has 18 heavy (non-hydrogen) atoms. The molecule has 0 amide bonds. The smallest absolute Gasteiger partial charge is 0.324 e. The first-order chi connectivity index (χ1) is 7.91. The highest BCUT2D eigenvalue weighted by atomic mass is 35.5. The van der Waals surface area contributed by atoms with Crippen LogP contribution in [0.4, 0.5) is 17.6 Å². The molecule has 6 heteroatoms. The van der Waals surface area contributed by atoms with Crippen LogP contribution in [0.3, 0.4) is 0 Å². The highest BCUT2D eigenvalue weighted by Crippen LogP contribution is 2.42. The number of benzene rings is 1. The van der Waals surface area contributed by atoms with E-state index in [1.165, 1.54) is 0 Å². The first kappa shape index (κ1) is 15.2. The van der Waals surface area contributed by atoms with E-state index < -0.39 is 23.6 Å². The Morgan fingerprint density at radius 3 is 2.28 bits per heavy atom. The monoisotopic (exact) mass is 283 g/mol. The molecule has 1 aliphatic carbocycles. The molecule has 0 aromatic heterocycles. The fourth-order valence-corrected chi connectivity index (χ4v) is 2.16. The van der Waals surface area contributed by atoms with Crippen LogP contribution < -0.4 is 5.73 Å². The van der Waals surface area contributed by atoms with E-state index in [0.29, 0.717) is 0 Å². The molecule has 0 radical (unpaired) electrons. The lowest BCUT2D eigenvalue weighted by Gasteiger charge is -2.32. The summed E-state index contributed by atoms with van der Waals surface area (Å²) in [5.41, 5.74) is 4.43. The van der Waals surface area contributed by atoms with E-state index >= 15 is 0 Å². The summed E-state index contributed by atoms with van der Waals surface area (Å²) in [6.07, 6.45) is -2.06. The van der Waals surface area contributed by atoms with Crippen molar-refractivity contribution in [1.29, 1.82) is 0 Å². The van der Waals surface area contributed by atoms with E-state index in [2.05, 4.69) is 0 Å². The third kappa shape index (κ3) is 2.78. The fraction of sp³-hybridized carbons (Fsp3) is 0.500. The molecule has 1 atom stereocenters. The van der Waals surface area contributed by atoms with Crippen molar-refractivity contribution in [3.8, 4) is 0 Å². The normalized spacial score (nSPS) is 17.8. The van der Waals surface area contributed by atoms with Gasteiger partial charge in [-0.25, -0.2) is 4.39 Å². The Balaban J connectivity index is 0.00000162. The van der Waals surface area contributed by atoms with Crippen molar-refractivity contribution in [2.45, 2.75) is 31.5 Å². The third-order valence-electron chi connectivity index (χ3n) is 3.35. The number of alkyl halides is 3. The Morgan fingerprint density at radius 2 is 1.83 bits per heavy atom. The van der Waals surface area contributed by atoms with Gasteiger partial charge in [-0.15, -0.1) is 12.4 Å². The maximum atomic E-state index is 13.6. The van der Waals surface area contributed by atoms with Crippen molar-refractivity contribution >= 4 is 12.4 Å². The van der Waals surface area contributed by atoms with Crippen LogP contribution in [0.15, 0.2) is 18.2 Å². The SMILES string of the molecule is Cl.N[C@@H](c1c(F)cccc1C(F)(F)F)C1CCC1. The van der Waals surface area contributed by atoms with Gasteiger partial charge in [0.05, 0.1) is 5.56 Å². The Kier molecular flexibility index (Phi) is 4.61. The minimum atomic E-state index is -4.56. The summed E-state index contributed by atoms with van der Waals surface area (Å²) in [5.74, 6) is -0.896. The van der Waals surface area contributed by atoms with Crippen LogP contribution in [0.5, 0.6) is 0 Å². The summed E-state index contributed by atoms with van der Waals surface area (Å²) in [6.45, 7) is 0. The van der Waals surface area contributed by atoms with Gasteiger partial charge in [-0.1, -0.05) is 12.5 Å². The number of rotatable bonds is 2. The summed E-state index contributed by atoms with van der Waals surface area (Å²) >= 11 is 0. The van der Waals surface area contributed by atoms with Gasteiger partial charge in [0.25, 0.3) is 0 Å². The molecule has 0 unspecified atom stereocenters. The van der Waals surface area contributed by atoms with Crippen LogP contribution in [0.2, 0.25) is 0 Å². The lowest BCUT2D eigenvalue weighted by molar-refractivity contribution is -0.138. The van der Waals surface area contributed by atoms with Crippen molar-refractivity contribution in [2.75, 3.05) is 0 Å². The minimum absolute atomic E-state index is 0. The Hall–Kier alpha value is -0.810. The second kappa shape index (κ2) is 5.45. The maximum Gasteiger partial charge on any atom is 0.416 e. The van der Waals surface area contributed by atoms with Crippen molar-refractivity contribution < 1.29 is 17.6 Å². The molecule has 0 bridgehead atoms. The summed E-state index contributed by atoms with van der Waals surface area (Å²) < 4.78 is 51.8. The van der Waals surface area contributed by atoms with Crippen LogP contribution in [-0.4, -0.2) is 0 Å². The van der Waals surface area contributed by atoms with Crippen molar-refractivity contribution in [2.24, 2.45) is 11.7 Å². The van der Waals surface area contributed by atoms with E-state index in [1.54, 1.807) is 0 Å². The van der Waals surface area contributed by atoms with Gasteiger partial charge in [-0.05, 0) is 30.9 Å². The molecule has 1 aromatic rings. The van der Waals surface area contributed by atoms with Gasteiger partial charge in [0, 0.05) is 11.6 Å². The second-order valence-corrected chi connectivity index (χ2v) is 4.42. The molecule has 102 valence electrons. The summed E-state index contributed by atoms with van der Waals surface area (Å²) in [4.78, 5) is 0. The van der Waals surface area contributed by atoms with E-state index in [4.69, 9.17) is 5.73 Å². The van der Waals surface area contributed by atoms with Crippen LogP contribution in [-0.2, 0) is 6.18 Å². The molecule has 0 aliphatic heterocycles. The van der Waals surface area contributed by atoms with Gasteiger partial charge in [-0.3, -0.25) is 0 Å². The second-order valence-electron chi connectivity index (χ2n) is 4.42. The van der Waals surface area contributed by atoms with E-state index in [0.717, 1.165) is 37.5 Å². The zero-order valence-corrected chi connectivity index (χ0v) is 10.3. The molecular formula is C12H14ClF4N. The number of nitrogens with two attached hydrogens (primary N) is 1. The molecule has 0 heterocycles. The predicted molar refractivity (Wildman–Crippen MR) is 62.9 cm³/mol. The molecule has 1 fully saturated rings. The van der Waals surface area contributed by atoms with E-state index in [9.17, 15) is 17.6 Å². The van der Waals surface area contributed by atoms with Crippen LogP contribution in [0.25, 0.3) is 0 Å². The van der Waals surface area contributed by atoms with Gasteiger partial charge < -0.3 is 5.73 Å². The fourth-order valence-electron chi connectivity index (χ4n) is 2.16. The molecule has 1 saturated carbocycles. The molecule has 0 spiro atoms. The van der Waals surface area contributed by atoms with E-state index in [-0.39, 0.29) is 23.9 Å². The molecule has 1 aliphatic rings. The van der Waals surface area contributed by atoms with Crippen LogP contribution in [0.1, 0.15) is 36.4 Å². The minimum Gasteiger partial charge on any atom is -0.324 e. The topological polar surface area (TPSA) is 26.0 Å². The maximum absolute atomic E-state index is 13.6. The average Bonchev–Trinajstić information content (AvgIpc) is 2.12. The first-order valence-corrected chi connectivity index (χ1v) is 5.52. The molecular weight excluding hydrogens is 270 g/mol. The molecule has 0 saturated heterocycles. The number of hydrogen-bond acceptors (Lipinski definition) is 1. The van der Waals surface area contributed by atoms with Crippen molar-refractivity contribution in [1.82, 2.24) is 0 Å². The third-order valence-corrected chi connectivity index (χ3v) is 3.35. The zero-order valence-electron chi connectivity index (χ0n) is 9.51. The quantitative estimate of drug-likeness (QED) is 0.814. The molecule has 1 nitrogen and oxygen atoms in total. The van der Waals surface area contributed by atoms with Crippen LogP contribution >= 0.6 is 12.4 Å². The molecule has 1 aromatic carbocycles. The van der Waals surface area contributed by atoms with Gasteiger partial charge >= 0.3 is 6.18 Å². The highest BCUT2D eigenvalue weighted by Gasteiger charge is 2.38. The zero-order chi connectivity index (χ0) is 12.6. The van der Waals surface area contributed by atoms with Crippen LogP contribution in [0, 0.1) is 11.7 Å². The molecule has 2 rings (SSSR count). The summed E-state index contributed by atoms with van der Waals surface area (Å²) in [7, 11) is 0. The van der Waals surface area contributed by atoms with Crippen molar-refractivity contribution in [3.63, 3.8) is 0 Å². The molecule has 2 N–H and O–H groups in total. The lowest BCUT2D eigenvalue weighted by Crippen LogP contribution is -2.30. The first-order valence-electron chi connectivity index (χ1n) is 5.52. The Labute approximate surface area is 109 Å². The number of halogens is 5. The van der Waals surface area contributed by atoms with Gasteiger partial charge in [0.1, 0.15) is 5.82 Å². The van der Waals surface area contributed by atoms with Gasteiger partial charge in [-0.2, -0.15) is 13.2 Å². The van der Waals surface area contributed by atoms with Gasteiger partial charge in [0.15, 0.2) is 0 Å². The van der Waals surface area contributed by atoms with E-state index in [1.807, 2.05) is 0 Å². The summed E-state index contributed by atoms with van der Waals surface area (Å²) in [6, 6.07) is 2.12. The summed E-state index contributed by atoms with van der Waals surface area (Å²) in [5, 5.41) is 0. The number of hydrogen-bond donors (Lipinski definition) is 1. The average molecular weight is 284 g/mol. The predicted octanol–water partition coefficient (Wildman–Crippen LogP) is 4.07. The largest absolute Gasteiger partial charge is 0.416 e. The highest BCUT2D eigenvalue weighted by molar-refractivity contribution is 5.85. The lowest BCUT2D eigenvalue weighted by atomic mass is 9.76. The van der Waals surface area contributed by atoms with Gasteiger partial charge in [0.2, 0.25) is 0 Å². The Morgan fingerprint density at radius 1 is 1.22 bits per heavy atom. The standard InChI is InChI=1S/C12H13F4N.ClH/c13-9-6-2-5-8(12(14,15)16)10(9)11(17)7-3-1-4-7;/h2,5-7,11H,1,3-4,17H2;1H/t11-;/m1./s1. The van der Waals surface area contributed by atoms with Crippen molar-refractivity contribution in [3.05, 3.63) is 35.1 Å². The Bertz CT molecular complexity index is 415.